The van der Waals surface area contributed by atoms with Crippen LogP contribution in [0.5, 0.6) is 0 Å². The van der Waals surface area contributed by atoms with Gasteiger partial charge in [0.1, 0.15) is 0 Å². The SMILES string of the molecule is c1ccc(-c2cc(-c3ccc(-n4c5c(c6cc(C7CCCCC7)ccc64)CCCCCC5)cc3)nc(-c3ccccc3)n2)cc1. The Morgan fingerprint density at radius 3 is 1.87 bits per heavy atom. The van der Waals surface area contributed by atoms with Gasteiger partial charge in [-0.1, -0.05) is 111 Å². The number of hydrogen-bond acceptors (Lipinski definition) is 2. The zero-order valence-corrected chi connectivity index (χ0v) is 26.1. The summed E-state index contributed by atoms with van der Waals surface area (Å²) in [5.74, 6) is 1.48. The van der Waals surface area contributed by atoms with E-state index in [9.17, 15) is 0 Å². The van der Waals surface area contributed by atoms with Crippen molar-refractivity contribution in [2.45, 2.75) is 76.5 Å². The lowest BCUT2D eigenvalue weighted by molar-refractivity contribution is 0.444. The first kappa shape index (κ1) is 28.0. The Bertz CT molecular complexity index is 1860. The summed E-state index contributed by atoms with van der Waals surface area (Å²) in [6, 6.07) is 39.4. The third-order valence-corrected chi connectivity index (χ3v) is 10.1. The minimum Gasteiger partial charge on any atom is -0.313 e. The summed E-state index contributed by atoms with van der Waals surface area (Å²) in [7, 11) is 0. The number of rotatable bonds is 5. The van der Waals surface area contributed by atoms with Crippen LogP contribution in [0.15, 0.2) is 109 Å². The lowest BCUT2D eigenvalue weighted by atomic mass is 9.83. The maximum Gasteiger partial charge on any atom is 0.160 e. The first-order valence-electron chi connectivity index (χ1n) is 17.1. The molecule has 0 amide bonds. The second-order valence-corrected chi connectivity index (χ2v) is 13.0. The Labute approximate surface area is 267 Å². The Balaban J connectivity index is 1.22. The van der Waals surface area contributed by atoms with E-state index in [1.54, 1.807) is 11.1 Å². The molecule has 0 N–H and O–H groups in total. The molecule has 224 valence electrons. The molecule has 2 aliphatic carbocycles. The Hall–Kier alpha value is -4.50. The molecule has 2 aromatic heterocycles. The summed E-state index contributed by atoms with van der Waals surface area (Å²) < 4.78 is 2.58. The number of aryl methyl sites for hydroxylation is 1. The highest BCUT2D eigenvalue weighted by Gasteiger charge is 2.22. The molecule has 45 heavy (non-hydrogen) atoms. The topological polar surface area (TPSA) is 30.7 Å². The predicted octanol–water partition coefficient (Wildman–Crippen LogP) is 11.1. The fourth-order valence-corrected chi connectivity index (χ4v) is 7.75. The highest BCUT2D eigenvalue weighted by molar-refractivity contribution is 5.88. The number of hydrogen-bond donors (Lipinski definition) is 0. The predicted molar refractivity (Wildman–Crippen MR) is 187 cm³/mol. The van der Waals surface area contributed by atoms with Crippen molar-refractivity contribution >= 4 is 10.9 Å². The summed E-state index contributed by atoms with van der Waals surface area (Å²) >= 11 is 0. The van der Waals surface area contributed by atoms with Crippen molar-refractivity contribution in [1.82, 2.24) is 14.5 Å². The van der Waals surface area contributed by atoms with Crippen LogP contribution in [0.2, 0.25) is 0 Å². The monoisotopic (exact) mass is 587 g/mol. The Morgan fingerprint density at radius 2 is 1.16 bits per heavy atom. The van der Waals surface area contributed by atoms with E-state index in [-0.39, 0.29) is 0 Å². The summed E-state index contributed by atoms with van der Waals surface area (Å²) in [6.07, 6.45) is 14.4. The van der Waals surface area contributed by atoms with Crippen LogP contribution in [0.1, 0.15) is 80.5 Å². The van der Waals surface area contributed by atoms with E-state index in [1.807, 2.05) is 24.3 Å². The second-order valence-electron chi connectivity index (χ2n) is 13.0. The molecule has 2 aliphatic rings. The molecule has 0 bridgehead atoms. The summed E-state index contributed by atoms with van der Waals surface area (Å²) in [5, 5.41) is 1.50. The van der Waals surface area contributed by atoms with Gasteiger partial charge in [0.05, 0.1) is 16.9 Å². The molecule has 3 heteroatoms. The first-order valence-corrected chi connectivity index (χ1v) is 17.1. The van der Waals surface area contributed by atoms with E-state index in [2.05, 4.69) is 89.5 Å². The fourth-order valence-electron chi connectivity index (χ4n) is 7.75. The fraction of sp³-hybridized carbons (Fsp3) is 0.286. The van der Waals surface area contributed by atoms with Crippen LogP contribution in [0, 0.1) is 0 Å². The van der Waals surface area contributed by atoms with Crippen LogP contribution in [-0.4, -0.2) is 14.5 Å². The van der Waals surface area contributed by atoms with Crippen molar-refractivity contribution in [3.05, 3.63) is 126 Å². The quantitative estimate of drug-likeness (QED) is 0.201. The van der Waals surface area contributed by atoms with Gasteiger partial charge in [-0.2, -0.15) is 0 Å². The maximum absolute atomic E-state index is 5.07. The van der Waals surface area contributed by atoms with Gasteiger partial charge in [0.15, 0.2) is 5.82 Å². The standard InChI is InChI=1S/C42H41N3/c1-2-13-21-40-36(20-12-1)37-28-34(30-14-6-3-7-15-30)24-27-41(37)45(40)35-25-22-32(23-26-35)39-29-38(31-16-8-4-9-17-31)43-42(44-39)33-18-10-5-11-19-33/h4-5,8-11,16-19,22-30H,1-3,6-7,12-15,20-21H2. The highest BCUT2D eigenvalue weighted by Crippen LogP contribution is 2.39. The molecule has 4 aromatic carbocycles. The summed E-state index contributed by atoms with van der Waals surface area (Å²) in [4.78, 5) is 10.1. The van der Waals surface area contributed by atoms with Crippen molar-refractivity contribution in [3.63, 3.8) is 0 Å². The lowest BCUT2D eigenvalue weighted by Gasteiger charge is -2.22. The van der Waals surface area contributed by atoms with Crippen molar-refractivity contribution in [3.8, 4) is 39.6 Å². The van der Waals surface area contributed by atoms with E-state index in [4.69, 9.17) is 9.97 Å². The van der Waals surface area contributed by atoms with Gasteiger partial charge in [0.2, 0.25) is 0 Å². The number of nitrogens with zero attached hydrogens (tertiary/aromatic N) is 3. The van der Waals surface area contributed by atoms with Crippen LogP contribution >= 0.6 is 0 Å². The smallest absolute Gasteiger partial charge is 0.160 e. The Morgan fingerprint density at radius 1 is 0.533 bits per heavy atom. The van der Waals surface area contributed by atoms with Gasteiger partial charge in [0, 0.05) is 33.5 Å². The van der Waals surface area contributed by atoms with Gasteiger partial charge in [-0.15, -0.1) is 0 Å². The van der Waals surface area contributed by atoms with E-state index in [0.717, 1.165) is 46.2 Å². The van der Waals surface area contributed by atoms with E-state index in [1.165, 1.54) is 86.5 Å². The van der Waals surface area contributed by atoms with Gasteiger partial charge in [-0.05, 0) is 85.9 Å². The maximum atomic E-state index is 5.07. The van der Waals surface area contributed by atoms with Gasteiger partial charge in [-0.3, -0.25) is 0 Å². The second kappa shape index (κ2) is 12.5. The van der Waals surface area contributed by atoms with E-state index in [0.29, 0.717) is 0 Å². The molecular weight excluding hydrogens is 546 g/mol. The molecule has 8 rings (SSSR count). The van der Waals surface area contributed by atoms with Crippen LogP contribution in [0.25, 0.3) is 50.5 Å². The van der Waals surface area contributed by atoms with Crippen LogP contribution < -0.4 is 0 Å². The zero-order valence-electron chi connectivity index (χ0n) is 26.1. The van der Waals surface area contributed by atoms with Crippen molar-refractivity contribution in [1.29, 1.82) is 0 Å². The average molecular weight is 588 g/mol. The molecule has 0 saturated heterocycles. The largest absolute Gasteiger partial charge is 0.313 e. The molecule has 1 fully saturated rings. The third kappa shape index (κ3) is 5.61. The summed E-state index contributed by atoms with van der Waals surface area (Å²) in [6.45, 7) is 0. The molecular formula is C42H41N3. The van der Waals surface area contributed by atoms with Gasteiger partial charge in [0.25, 0.3) is 0 Å². The van der Waals surface area contributed by atoms with Crippen molar-refractivity contribution in [2.24, 2.45) is 0 Å². The highest BCUT2D eigenvalue weighted by atomic mass is 15.0. The van der Waals surface area contributed by atoms with Gasteiger partial charge in [-0.25, -0.2) is 9.97 Å². The van der Waals surface area contributed by atoms with E-state index < -0.39 is 0 Å². The normalized spacial score (nSPS) is 15.8. The molecule has 1 saturated carbocycles. The molecule has 3 nitrogen and oxygen atoms in total. The average Bonchev–Trinajstić information content (AvgIpc) is 3.40. The molecule has 6 aromatic rings. The van der Waals surface area contributed by atoms with Gasteiger partial charge >= 0.3 is 0 Å². The number of benzene rings is 4. The Kier molecular flexibility index (Phi) is 7.77. The van der Waals surface area contributed by atoms with E-state index >= 15 is 0 Å². The van der Waals surface area contributed by atoms with Crippen LogP contribution in [-0.2, 0) is 12.8 Å². The molecule has 0 unspecified atom stereocenters. The molecule has 0 aliphatic heterocycles. The van der Waals surface area contributed by atoms with Crippen molar-refractivity contribution < 1.29 is 0 Å². The molecule has 2 heterocycles. The third-order valence-electron chi connectivity index (χ3n) is 10.1. The van der Waals surface area contributed by atoms with Crippen molar-refractivity contribution in [2.75, 3.05) is 0 Å². The molecule has 0 radical (unpaired) electrons. The lowest BCUT2D eigenvalue weighted by Crippen LogP contribution is -2.05. The minimum atomic E-state index is 0.726. The first-order chi connectivity index (χ1) is 22.3. The molecule has 0 spiro atoms. The zero-order chi connectivity index (χ0) is 30.0. The van der Waals surface area contributed by atoms with Crippen LogP contribution in [0.4, 0.5) is 0 Å². The summed E-state index contributed by atoms with van der Waals surface area (Å²) in [5.41, 5.74) is 12.4. The minimum absolute atomic E-state index is 0.726. The molecule has 0 atom stereocenters. The number of aromatic nitrogens is 3. The van der Waals surface area contributed by atoms with Crippen LogP contribution in [0.3, 0.4) is 0 Å². The van der Waals surface area contributed by atoms with Gasteiger partial charge < -0.3 is 4.57 Å². The number of fused-ring (bicyclic) bond motifs is 3.